The van der Waals surface area contributed by atoms with Gasteiger partial charge < -0.3 is 9.88 Å². The molecule has 0 saturated heterocycles. The highest BCUT2D eigenvalue weighted by Crippen LogP contribution is 2.23. The Morgan fingerprint density at radius 1 is 1.43 bits per heavy atom. The summed E-state index contributed by atoms with van der Waals surface area (Å²) < 4.78 is 25.5. The number of benzene rings is 1. The van der Waals surface area contributed by atoms with Gasteiger partial charge in [0.1, 0.15) is 5.75 Å². The molecule has 1 aromatic carbocycles. The maximum absolute atomic E-state index is 12.1. The number of imidazole rings is 1. The number of rotatable bonds is 4. The highest BCUT2D eigenvalue weighted by atomic mass is 35.5. The lowest BCUT2D eigenvalue weighted by atomic mass is 10.2. The second-order valence-corrected chi connectivity index (χ2v) is 6.83. The summed E-state index contributed by atoms with van der Waals surface area (Å²) in [5.41, 5.74) is 1.17. The number of nitrogens with zero attached hydrogens (tertiary/aromatic N) is 2. The first-order valence-corrected chi connectivity index (χ1v) is 8.09. The van der Waals surface area contributed by atoms with Gasteiger partial charge in [-0.3, -0.25) is 4.79 Å². The fourth-order valence-corrected chi connectivity index (χ4v) is 3.26. The molecule has 0 fully saturated rings. The van der Waals surface area contributed by atoms with E-state index in [9.17, 15) is 13.2 Å². The normalized spacial score (nSPS) is 11.4. The number of carbonyl (C=O) groups excluding carboxylic acids is 1. The predicted molar refractivity (Wildman–Crippen MR) is 80.1 cm³/mol. The van der Waals surface area contributed by atoms with Crippen LogP contribution in [-0.4, -0.2) is 29.6 Å². The standard InChI is InChI=1S/C13H14ClN3O3S/c1-9-10(14)4-3-5-11(9)16-12(18)8-21(19,20)13-15-6-7-17(13)2/h3-7H,8H2,1-2H3,(H,16,18). The number of hydrogen-bond acceptors (Lipinski definition) is 4. The summed E-state index contributed by atoms with van der Waals surface area (Å²) in [6.07, 6.45) is 2.87. The van der Waals surface area contributed by atoms with E-state index in [4.69, 9.17) is 11.6 Å². The molecule has 2 rings (SSSR count). The van der Waals surface area contributed by atoms with Crippen molar-refractivity contribution >= 4 is 33.0 Å². The van der Waals surface area contributed by atoms with Crippen LogP contribution in [0.2, 0.25) is 5.02 Å². The van der Waals surface area contributed by atoms with Gasteiger partial charge in [0.15, 0.2) is 0 Å². The highest BCUT2D eigenvalue weighted by molar-refractivity contribution is 7.92. The van der Waals surface area contributed by atoms with Crippen LogP contribution in [0.25, 0.3) is 0 Å². The second kappa shape index (κ2) is 5.87. The van der Waals surface area contributed by atoms with Crippen molar-refractivity contribution in [3.05, 3.63) is 41.2 Å². The van der Waals surface area contributed by atoms with E-state index in [2.05, 4.69) is 10.3 Å². The number of aryl methyl sites for hydroxylation is 1. The Hall–Kier alpha value is -1.86. The van der Waals surface area contributed by atoms with Crippen molar-refractivity contribution in [2.24, 2.45) is 7.05 Å². The van der Waals surface area contributed by atoms with Crippen molar-refractivity contribution in [3.8, 4) is 0 Å². The summed E-state index contributed by atoms with van der Waals surface area (Å²) >= 11 is 5.95. The molecule has 0 saturated carbocycles. The fraction of sp³-hybridized carbons (Fsp3) is 0.231. The molecule has 21 heavy (non-hydrogen) atoms. The Morgan fingerprint density at radius 3 is 2.76 bits per heavy atom. The van der Waals surface area contributed by atoms with E-state index in [1.807, 2.05) is 0 Å². The van der Waals surface area contributed by atoms with Gasteiger partial charge in [-0.2, -0.15) is 0 Å². The van der Waals surface area contributed by atoms with Crippen LogP contribution in [0.4, 0.5) is 5.69 Å². The second-order valence-electron chi connectivity index (χ2n) is 4.54. The molecular weight excluding hydrogens is 314 g/mol. The first-order chi connectivity index (χ1) is 9.81. The highest BCUT2D eigenvalue weighted by Gasteiger charge is 2.23. The van der Waals surface area contributed by atoms with Crippen LogP contribution in [0.15, 0.2) is 35.7 Å². The molecule has 0 bridgehead atoms. The third-order valence-corrected chi connectivity index (χ3v) is 4.92. The fourth-order valence-electron chi connectivity index (χ4n) is 1.82. The molecule has 0 aliphatic carbocycles. The van der Waals surface area contributed by atoms with Crippen LogP contribution in [0.5, 0.6) is 0 Å². The minimum Gasteiger partial charge on any atom is -0.325 e. The molecular formula is C13H14ClN3O3S. The lowest BCUT2D eigenvalue weighted by molar-refractivity contribution is -0.113. The molecule has 1 aromatic heterocycles. The largest absolute Gasteiger partial charge is 0.325 e. The van der Waals surface area contributed by atoms with E-state index in [0.717, 1.165) is 0 Å². The molecule has 0 aliphatic heterocycles. The number of carbonyl (C=O) groups is 1. The van der Waals surface area contributed by atoms with Crippen LogP contribution in [0.1, 0.15) is 5.56 Å². The average molecular weight is 328 g/mol. The lowest BCUT2D eigenvalue weighted by Crippen LogP contribution is -2.25. The third-order valence-electron chi connectivity index (χ3n) is 2.92. The zero-order valence-corrected chi connectivity index (χ0v) is 13.1. The molecule has 0 aliphatic rings. The zero-order chi connectivity index (χ0) is 15.6. The first-order valence-electron chi connectivity index (χ1n) is 6.06. The van der Waals surface area contributed by atoms with Gasteiger partial charge in [-0.15, -0.1) is 0 Å². The summed E-state index contributed by atoms with van der Waals surface area (Å²) in [5.74, 6) is -1.31. The lowest BCUT2D eigenvalue weighted by Gasteiger charge is -2.09. The number of nitrogens with one attached hydrogen (secondary N) is 1. The van der Waals surface area contributed by atoms with Gasteiger partial charge in [-0.25, -0.2) is 13.4 Å². The molecule has 8 heteroatoms. The zero-order valence-electron chi connectivity index (χ0n) is 11.5. The molecule has 1 amide bonds. The van der Waals surface area contributed by atoms with Crippen LogP contribution in [0, 0.1) is 6.92 Å². The van der Waals surface area contributed by atoms with Crippen molar-refractivity contribution in [2.75, 3.05) is 11.1 Å². The Balaban J connectivity index is 2.16. The van der Waals surface area contributed by atoms with E-state index in [1.165, 1.54) is 17.0 Å². The van der Waals surface area contributed by atoms with Gasteiger partial charge in [0.25, 0.3) is 0 Å². The van der Waals surface area contributed by atoms with Crippen molar-refractivity contribution < 1.29 is 13.2 Å². The molecule has 0 unspecified atom stereocenters. The third kappa shape index (κ3) is 3.43. The van der Waals surface area contributed by atoms with Crippen LogP contribution < -0.4 is 5.32 Å². The summed E-state index contributed by atoms with van der Waals surface area (Å²) in [6.45, 7) is 1.74. The molecule has 1 heterocycles. The monoisotopic (exact) mass is 327 g/mol. The van der Waals surface area contributed by atoms with Gasteiger partial charge in [-0.05, 0) is 24.6 Å². The van der Waals surface area contributed by atoms with Crippen molar-refractivity contribution in [1.82, 2.24) is 9.55 Å². The molecule has 0 atom stereocenters. The Kier molecular flexibility index (Phi) is 4.34. The topological polar surface area (TPSA) is 81.1 Å². The first kappa shape index (κ1) is 15.5. The quantitative estimate of drug-likeness (QED) is 0.928. The number of amides is 1. The average Bonchev–Trinajstić information content (AvgIpc) is 2.81. The number of hydrogen-bond donors (Lipinski definition) is 1. The van der Waals surface area contributed by atoms with Gasteiger partial charge >= 0.3 is 0 Å². The van der Waals surface area contributed by atoms with Gasteiger partial charge in [0.05, 0.1) is 0 Å². The SMILES string of the molecule is Cc1c(Cl)cccc1NC(=O)CS(=O)(=O)c1nccn1C. The minimum atomic E-state index is -3.78. The summed E-state index contributed by atoms with van der Waals surface area (Å²) in [4.78, 5) is 15.7. The van der Waals surface area contributed by atoms with E-state index in [0.29, 0.717) is 16.3 Å². The van der Waals surface area contributed by atoms with Crippen molar-refractivity contribution in [3.63, 3.8) is 0 Å². The number of halogens is 1. The van der Waals surface area contributed by atoms with Crippen molar-refractivity contribution in [2.45, 2.75) is 12.1 Å². The van der Waals surface area contributed by atoms with Crippen LogP contribution >= 0.6 is 11.6 Å². The maximum atomic E-state index is 12.1. The van der Waals surface area contributed by atoms with Crippen molar-refractivity contribution in [1.29, 1.82) is 0 Å². The smallest absolute Gasteiger partial charge is 0.240 e. The predicted octanol–water partition coefficient (Wildman–Crippen LogP) is 1.79. The van der Waals surface area contributed by atoms with Gasteiger partial charge in [0.2, 0.25) is 20.9 Å². The molecule has 112 valence electrons. The molecule has 0 radical (unpaired) electrons. The molecule has 2 aromatic rings. The molecule has 1 N–H and O–H groups in total. The van der Waals surface area contributed by atoms with E-state index in [1.54, 1.807) is 32.2 Å². The van der Waals surface area contributed by atoms with E-state index < -0.39 is 21.5 Å². The van der Waals surface area contributed by atoms with E-state index >= 15 is 0 Å². The summed E-state index contributed by atoms with van der Waals surface area (Å²) in [5, 5.41) is 2.91. The summed E-state index contributed by atoms with van der Waals surface area (Å²) in [7, 11) is -2.23. The Labute approximate surface area is 127 Å². The molecule has 6 nitrogen and oxygen atoms in total. The maximum Gasteiger partial charge on any atom is 0.240 e. The molecule has 0 spiro atoms. The van der Waals surface area contributed by atoms with Gasteiger partial charge in [0, 0.05) is 30.2 Å². The number of aromatic nitrogens is 2. The summed E-state index contributed by atoms with van der Waals surface area (Å²) in [6, 6.07) is 5.03. The number of anilines is 1. The Bertz CT molecular complexity index is 784. The van der Waals surface area contributed by atoms with Gasteiger partial charge in [-0.1, -0.05) is 17.7 Å². The van der Waals surface area contributed by atoms with Crippen LogP contribution in [-0.2, 0) is 21.7 Å². The van der Waals surface area contributed by atoms with E-state index in [-0.39, 0.29) is 5.16 Å². The number of sulfone groups is 1. The minimum absolute atomic E-state index is 0.138. The van der Waals surface area contributed by atoms with Crippen LogP contribution in [0.3, 0.4) is 0 Å². The Morgan fingerprint density at radius 2 is 2.14 bits per heavy atom.